The molecule has 1 aliphatic rings. The summed E-state index contributed by atoms with van der Waals surface area (Å²) in [6, 6.07) is 2.96. The quantitative estimate of drug-likeness (QED) is 0.759. The summed E-state index contributed by atoms with van der Waals surface area (Å²) in [6.07, 6.45) is 6.64. The predicted molar refractivity (Wildman–Crippen MR) is 72.1 cm³/mol. The Bertz CT molecular complexity index is 316. The zero-order valence-corrected chi connectivity index (χ0v) is 11.3. The van der Waals surface area contributed by atoms with E-state index in [0.717, 1.165) is 5.92 Å². The average molecular weight is 237 g/mol. The second-order valence-electron chi connectivity index (χ2n) is 5.23. The third-order valence-corrected chi connectivity index (χ3v) is 4.40. The lowest BCUT2D eigenvalue weighted by atomic mass is 9.94. The third kappa shape index (κ3) is 3.08. The van der Waals surface area contributed by atoms with Crippen LogP contribution in [0.15, 0.2) is 11.4 Å². The van der Waals surface area contributed by atoms with Crippen LogP contribution in [0.2, 0.25) is 0 Å². The van der Waals surface area contributed by atoms with E-state index in [9.17, 15) is 0 Å². The molecule has 0 radical (unpaired) electrons. The minimum atomic E-state index is 0.641. The van der Waals surface area contributed by atoms with Crippen LogP contribution in [-0.2, 0) is 6.42 Å². The first kappa shape index (κ1) is 12.1. The van der Waals surface area contributed by atoms with Gasteiger partial charge in [-0.2, -0.15) is 0 Å². The van der Waals surface area contributed by atoms with Crippen LogP contribution >= 0.6 is 11.3 Å². The van der Waals surface area contributed by atoms with Gasteiger partial charge in [0.25, 0.3) is 0 Å². The lowest BCUT2D eigenvalue weighted by Crippen LogP contribution is -2.25. The minimum absolute atomic E-state index is 0.641. The Hall–Kier alpha value is -0.340. The van der Waals surface area contributed by atoms with Crippen molar-refractivity contribution >= 4 is 11.3 Å². The number of hydrogen-bond acceptors (Lipinski definition) is 2. The summed E-state index contributed by atoms with van der Waals surface area (Å²) in [7, 11) is 0. The van der Waals surface area contributed by atoms with E-state index in [1.807, 2.05) is 11.3 Å². The number of fused-ring (bicyclic) bond motifs is 1. The monoisotopic (exact) mass is 237 g/mol. The van der Waals surface area contributed by atoms with Crippen molar-refractivity contribution in [2.45, 2.75) is 52.0 Å². The summed E-state index contributed by atoms with van der Waals surface area (Å²) < 4.78 is 0. The first-order chi connectivity index (χ1) is 7.77. The maximum Gasteiger partial charge on any atom is 0.0331 e. The summed E-state index contributed by atoms with van der Waals surface area (Å²) in [4.78, 5) is 1.62. The fourth-order valence-electron chi connectivity index (χ4n) is 2.49. The molecule has 1 aliphatic carbocycles. The molecule has 16 heavy (non-hydrogen) atoms. The summed E-state index contributed by atoms with van der Waals surface area (Å²) >= 11 is 1.93. The van der Waals surface area contributed by atoms with E-state index in [4.69, 9.17) is 0 Å². The number of nitrogens with one attached hydrogen (secondary N) is 1. The van der Waals surface area contributed by atoms with E-state index in [1.54, 1.807) is 10.4 Å². The predicted octanol–water partition coefficient (Wildman–Crippen LogP) is 4.15. The molecule has 0 aliphatic heterocycles. The third-order valence-electron chi connectivity index (χ3n) is 3.40. The van der Waals surface area contributed by atoms with Gasteiger partial charge in [0.2, 0.25) is 0 Å². The molecule has 2 rings (SSSR count). The van der Waals surface area contributed by atoms with Gasteiger partial charge >= 0.3 is 0 Å². The molecule has 1 aromatic heterocycles. The summed E-state index contributed by atoms with van der Waals surface area (Å²) in [5.74, 6) is 0.838. The zero-order valence-electron chi connectivity index (χ0n) is 10.5. The zero-order chi connectivity index (χ0) is 11.4. The fraction of sp³-hybridized carbons (Fsp3) is 0.714. The molecule has 90 valence electrons. The lowest BCUT2D eigenvalue weighted by molar-refractivity contribution is 0.441. The van der Waals surface area contributed by atoms with Gasteiger partial charge in [0, 0.05) is 10.9 Å². The van der Waals surface area contributed by atoms with Crippen molar-refractivity contribution in [2.24, 2.45) is 5.92 Å². The highest BCUT2D eigenvalue weighted by Crippen LogP contribution is 2.33. The van der Waals surface area contributed by atoms with Gasteiger partial charge in [-0.05, 0) is 61.6 Å². The molecule has 1 heterocycles. The van der Waals surface area contributed by atoms with E-state index in [0.29, 0.717) is 6.04 Å². The molecule has 0 saturated carbocycles. The Balaban J connectivity index is 1.79. The van der Waals surface area contributed by atoms with E-state index >= 15 is 0 Å². The van der Waals surface area contributed by atoms with Crippen molar-refractivity contribution in [1.82, 2.24) is 5.32 Å². The molecule has 0 fully saturated rings. The van der Waals surface area contributed by atoms with E-state index in [2.05, 4.69) is 30.6 Å². The van der Waals surface area contributed by atoms with Crippen LogP contribution in [0.5, 0.6) is 0 Å². The standard InChI is InChI=1S/C14H23NS/c1-11(2)5-4-9-15-13-6-3-7-14-12(13)8-10-16-14/h8,10-11,13,15H,3-7,9H2,1-2H3. The molecule has 0 spiro atoms. The first-order valence-corrected chi connectivity index (χ1v) is 7.45. The highest BCUT2D eigenvalue weighted by molar-refractivity contribution is 7.10. The number of thiophene rings is 1. The second-order valence-corrected chi connectivity index (χ2v) is 6.23. The van der Waals surface area contributed by atoms with Crippen molar-refractivity contribution in [1.29, 1.82) is 0 Å². The molecule has 1 unspecified atom stereocenters. The molecule has 1 atom stereocenters. The van der Waals surface area contributed by atoms with Crippen molar-refractivity contribution in [3.05, 3.63) is 21.9 Å². The Morgan fingerprint density at radius 1 is 1.50 bits per heavy atom. The normalized spacial score (nSPS) is 20.1. The van der Waals surface area contributed by atoms with Gasteiger partial charge in [-0.25, -0.2) is 0 Å². The molecule has 1 aromatic rings. The smallest absolute Gasteiger partial charge is 0.0331 e. The SMILES string of the molecule is CC(C)CCCNC1CCCc2sccc21. The van der Waals surface area contributed by atoms with Gasteiger partial charge in [0.05, 0.1) is 0 Å². The van der Waals surface area contributed by atoms with Crippen molar-refractivity contribution in [3.63, 3.8) is 0 Å². The molecule has 0 aromatic carbocycles. The van der Waals surface area contributed by atoms with Gasteiger partial charge in [-0.15, -0.1) is 11.3 Å². The van der Waals surface area contributed by atoms with Crippen molar-refractivity contribution in [2.75, 3.05) is 6.54 Å². The Labute approximate surface area is 103 Å². The Morgan fingerprint density at radius 3 is 3.19 bits per heavy atom. The molecule has 0 saturated heterocycles. The number of rotatable bonds is 5. The first-order valence-electron chi connectivity index (χ1n) is 6.57. The highest BCUT2D eigenvalue weighted by Gasteiger charge is 2.20. The van der Waals surface area contributed by atoms with Gasteiger partial charge in [0.1, 0.15) is 0 Å². The number of aryl methyl sites for hydroxylation is 1. The lowest BCUT2D eigenvalue weighted by Gasteiger charge is -2.24. The van der Waals surface area contributed by atoms with Gasteiger partial charge < -0.3 is 5.32 Å². The summed E-state index contributed by atoms with van der Waals surface area (Å²) in [5.41, 5.74) is 1.58. The van der Waals surface area contributed by atoms with Gasteiger partial charge in [-0.1, -0.05) is 13.8 Å². The molecule has 2 heteroatoms. The van der Waals surface area contributed by atoms with Crippen LogP contribution < -0.4 is 5.32 Å². The Morgan fingerprint density at radius 2 is 2.38 bits per heavy atom. The molecule has 0 amide bonds. The summed E-state index contributed by atoms with van der Waals surface area (Å²) in [6.45, 7) is 5.79. The molecule has 1 N–H and O–H groups in total. The maximum absolute atomic E-state index is 3.73. The van der Waals surface area contributed by atoms with E-state index in [1.165, 1.54) is 38.6 Å². The largest absolute Gasteiger partial charge is 0.310 e. The van der Waals surface area contributed by atoms with E-state index in [-0.39, 0.29) is 0 Å². The van der Waals surface area contributed by atoms with Crippen molar-refractivity contribution < 1.29 is 0 Å². The highest BCUT2D eigenvalue weighted by atomic mass is 32.1. The van der Waals surface area contributed by atoms with Crippen LogP contribution in [-0.4, -0.2) is 6.54 Å². The maximum atomic E-state index is 3.73. The van der Waals surface area contributed by atoms with Gasteiger partial charge in [-0.3, -0.25) is 0 Å². The van der Waals surface area contributed by atoms with Crippen molar-refractivity contribution in [3.8, 4) is 0 Å². The topological polar surface area (TPSA) is 12.0 Å². The van der Waals surface area contributed by atoms with Crippen LogP contribution in [0.1, 0.15) is 56.0 Å². The Kier molecular flexibility index (Phi) is 4.42. The molecular formula is C14H23NS. The van der Waals surface area contributed by atoms with Gasteiger partial charge in [0.15, 0.2) is 0 Å². The van der Waals surface area contributed by atoms with Crippen LogP contribution in [0, 0.1) is 5.92 Å². The molecule has 0 bridgehead atoms. The minimum Gasteiger partial charge on any atom is -0.310 e. The molecule has 1 nitrogen and oxygen atoms in total. The van der Waals surface area contributed by atoms with Crippen LogP contribution in [0.3, 0.4) is 0 Å². The van der Waals surface area contributed by atoms with Crippen LogP contribution in [0.4, 0.5) is 0 Å². The van der Waals surface area contributed by atoms with E-state index < -0.39 is 0 Å². The second kappa shape index (κ2) is 5.83. The molecular weight excluding hydrogens is 214 g/mol. The fourth-order valence-corrected chi connectivity index (χ4v) is 3.47. The van der Waals surface area contributed by atoms with Crippen LogP contribution in [0.25, 0.3) is 0 Å². The number of hydrogen-bond donors (Lipinski definition) is 1. The average Bonchev–Trinajstić information content (AvgIpc) is 2.72. The summed E-state index contributed by atoms with van der Waals surface area (Å²) in [5, 5.41) is 5.97.